The monoisotopic (exact) mass is 230 g/mol. The van der Waals surface area contributed by atoms with Crippen LogP contribution in [0.15, 0.2) is 0 Å². The van der Waals surface area contributed by atoms with E-state index in [-0.39, 0.29) is 16.9 Å². The summed E-state index contributed by atoms with van der Waals surface area (Å²) in [5.74, 6) is 0. The van der Waals surface area contributed by atoms with Gasteiger partial charge in [0.15, 0.2) is 0 Å². The van der Waals surface area contributed by atoms with Gasteiger partial charge in [0, 0.05) is 0 Å². The molecule has 0 aromatic rings. The summed E-state index contributed by atoms with van der Waals surface area (Å²) in [5.41, 5.74) is -0.925. The molecule has 2 unspecified atom stereocenters. The van der Waals surface area contributed by atoms with Crippen LogP contribution in [0.5, 0.6) is 0 Å². The van der Waals surface area contributed by atoms with Crippen LogP contribution in [0.3, 0.4) is 0 Å². The standard InChI is InChI=1S/C14H30O2/c1-8-14(16,13(5,6)7)10-9-11(15)12(2,3)4/h11,15-16H,8-10H2,1-7H3. The lowest BCUT2D eigenvalue weighted by Crippen LogP contribution is -2.43. The molecule has 0 aromatic heterocycles. The normalized spacial score (nSPS) is 19.3. The lowest BCUT2D eigenvalue weighted by atomic mass is 9.71. The van der Waals surface area contributed by atoms with Gasteiger partial charge in [-0.05, 0) is 30.1 Å². The molecule has 0 aromatic carbocycles. The summed E-state index contributed by atoms with van der Waals surface area (Å²) >= 11 is 0. The van der Waals surface area contributed by atoms with Crippen LogP contribution in [0.25, 0.3) is 0 Å². The van der Waals surface area contributed by atoms with Crippen LogP contribution in [0, 0.1) is 10.8 Å². The van der Waals surface area contributed by atoms with E-state index < -0.39 is 5.60 Å². The van der Waals surface area contributed by atoms with E-state index in [1.165, 1.54) is 0 Å². The predicted octanol–water partition coefficient (Wildman–Crippen LogP) is 3.36. The topological polar surface area (TPSA) is 40.5 Å². The highest BCUT2D eigenvalue weighted by Gasteiger charge is 2.39. The van der Waals surface area contributed by atoms with Crippen molar-refractivity contribution < 1.29 is 10.2 Å². The molecule has 2 N–H and O–H groups in total. The summed E-state index contributed by atoms with van der Waals surface area (Å²) in [6.45, 7) is 14.3. The van der Waals surface area contributed by atoms with Crippen LogP contribution in [0.4, 0.5) is 0 Å². The fourth-order valence-corrected chi connectivity index (χ4v) is 1.89. The Balaban J connectivity index is 4.49. The third-order valence-electron chi connectivity index (χ3n) is 3.81. The molecule has 0 saturated heterocycles. The smallest absolute Gasteiger partial charge is 0.0694 e. The van der Waals surface area contributed by atoms with E-state index in [2.05, 4.69) is 20.8 Å². The first-order chi connectivity index (χ1) is 6.94. The SMILES string of the molecule is CCC(O)(CCC(O)C(C)(C)C)C(C)(C)C. The van der Waals surface area contributed by atoms with Crippen LogP contribution in [-0.4, -0.2) is 21.9 Å². The van der Waals surface area contributed by atoms with E-state index in [0.717, 1.165) is 6.42 Å². The molecule has 0 aliphatic heterocycles. The lowest BCUT2D eigenvalue weighted by molar-refractivity contribution is -0.0807. The highest BCUT2D eigenvalue weighted by Crippen LogP contribution is 2.38. The number of aliphatic hydroxyl groups is 2. The Kier molecular flexibility index (Phi) is 5.03. The molecule has 0 aliphatic rings. The molecular formula is C14H30O2. The van der Waals surface area contributed by atoms with Gasteiger partial charge in [0.2, 0.25) is 0 Å². The van der Waals surface area contributed by atoms with Crippen LogP contribution < -0.4 is 0 Å². The molecule has 0 aliphatic carbocycles. The highest BCUT2D eigenvalue weighted by molar-refractivity contribution is 4.90. The van der Waals surface area contributed by atoms with Crippen molar-refractivity contribution in [2.45, 2.75) is 79.4 Å². The van der Waals surface area contributed by atoms with Crippen LogP contribution >= 0.6 is 0 Å². The van der Waals surface area contributed by atoms with E-state index in [1.54, 1.807) is 0 Å². The van der Waals surface area contributed by atoms with Crippen molar-refractivity contribution >= 4 is 0 Å². The van der Waals surface area contributed by atoms with Crippen molar-refractivity contribution in [3.05, 3.63) is 0 Å². The molecule has 0 fully saturated rings. The third-order valence-corrected chi connectivity index (χ3v) is 3.81. The molecule has 0 rings (SSSR count). The average molecular weight is 230 g/mol. The van der Waals surface area contributed by atoms with Gasteiger partial charge in [0.05, 0.1) is 11.7 Å². The summed E-state index contributed by atoms with van der Waals surface area (Å²) in [6.07, 6.45) is 1.69. The van der Waals surface area contributed by atoms with Crippen molar-refractivity contribution in [3.63, 3.8) is 0 Å². The zero-order chi connectivity index (χ0) is 13.2. The molecule has 0 bridgehead atoms. The van der Waals surface area contributed by atoms with Crippen LogP contribution in [0.1, 0.15) is 67.7 Å². The van der Waals surface area contributed by atoms with Gasteiger partial charge in [-0.3, -0.25) is 0 Å². The van der Waals surface area contributed by atoms with Gasteiger partial charge in [0.1, 0.15) is 0 Å². The van der Waals surface area contributed by atoms with E-state index in [4.69, 9.17) is 0 Å². The van der Waals surface area contributed by atoms with Crippen LogP contribution in [-0.2, 0) is 0 Å². The fourth-order valence-electron chi connectivity index (χ4n) is 1.89. The molecule has 0 spiro atoms. The summed E-state index contributed by atoms with van der Waals surface area (Å²) < 4.78 is 0. The lowest BCUT2D eigenvalue weighted by Gasteiger charge is -2.41. The summed E-state index contributed by atoms with van der Waals surface area (Å²) in [5, 5.41) is 20.6. The Morgan fingerprint density at radius 1 is 1.00 bits per heavy atom. The Hall–Kier alpha value is -0.0800. The zero-order valence-electron chi connectivity index (χ0n) is 12.1. The average Bonchev–Trinajstić information content (AvgIpc) is 2.10. The molecule has 2 atom stereocenters. The molecule has 16 heavy (non-hydrogen) atoms. The second-order valence-electron chi connectivity index (χ2n) is 7.06. The number of hydrogen-bond acceptors (Lipinski definition) is 2. The fraction of sp³-hybridized carbons (Fsp3) is 1.00. The van der Waals surface area contributed by atoms with Crippen LogP contribution in [0.2, 0.25) is 0 Å². The van der Waals surface area contributed by atoms with Crippen molar-refractivity contribution in [1.29, 1.82) is 0 Å². The van der Waals surface area contributed by atoms with E-state index in [1.807, 2.05) is 27.7 Å². The quantitative estimate of drug-likeness (QED) is 0.777. The van der Waals surface area contributed by atoms with Gasteiger partial charge in [-0.15, -0.1) is 0 Å². The van der Waals surface area contributed by atoms with E-state index in [0.29, 0.717) is 12.8 Å². The Bertz CT molecular complexity index is 210. The molecule has 0 amide bonds. The maximum absolute atomic E-state index is 10.6. The second-order valence-corrected chi connectivity index (χ2v) is 7.06. The third kappa shape index (κ3) is 4.06. The zero-order valence-corrected chi connectivity index (χ0v) is 12.1. The molecule has 2 nitrogen and oxygen atoms in total. The van der Waals surface area contributed by atoms with Crippen molar-refractivity contribution in [1.82, 2.24) is 0 Å². The van der Waals surface area contributed by atoms with Gasteiger partial charge in [-0.25, -0.2) is 0 Å². The number of hydrogen-bond donors (Lipinski definition) is 2. The van der Waals surface area contributed by atoms with Gasteiger partial charge >= 0.3 is 0 Å². The Morgan fingerprint density at radius 2 is 1.44 bits per heavy atom. The van der Waals surface area contributed by atoms with Crippen molar-refractivity contribution in [2.75, 3.05) is 0 Å². The second kappa shape index (κ2) is 5.05. The van der Waals surface area contributed by atoms with E-state index in [9.17, 15) is 10.2 Å². The molecule has 2 heteroatoms. The molecule has 0 saturated carbocycles. The van der Waals surface area contributed by atoms with Gasteiger partial charge in [-0.2, -0.15) is 0 Å². The first kappa shape index (κ1) is 15.9. The maximum atomic E-state index is 10.6. The van der Waals surface area contributed by atoms with Crippen molar-refractivity contribution in [3.8, 4) is 0 Å². The minimum atomic E-state index is -0.681. The maximum Gasteiger partial charge on any atom is 0.0694 e. The highest BCUT2D eigenvalue weighted by atomic mass is 16.3. The number of rotatable bonds is 4. The van der Waals surface area contributed by atoms with Gasteiger partial charge < -0.3 is 10.2 Å². The van der Waals surface area contributed by atoms with Crippen molar-refractivity contribution in [2.24, 2.45) is 10.8 Å². The number of aliphatic hydroxyl groups excluding tert-OH is 1. The predicted molar refractivity (Wildman–Crippen MR) is 69.4 cm³/mol. The first-order valence-electron chi connectivity index (χ1n) is 6.34. The van der Waals surface area contributed by atoms with E-state index >= 15 is 0 Å². The van der Waals surface area contributed by atoms with Gasteiger partial charge in [0.25, 0.3) is 0 Å². The summed E-state index contributed by atoms with van der Waals surface area (Å²) in [7, 11) is 0. The summed E-state index contributed by atoms with van der Waals surface area (Å²) in [6, 6.07) is 0. The first-order valence-corrected chi connectivity index (χ1v) is 6.34. The molecule has 0 radical (unpaired) electrons. The molecule has 98 valence electrons. The minimum Gasteiger partial charge on any atom is -0.393 e. The molecule has 0 heterocycles. The largest absolute Gasteiger partial charge is 0.393 e. The minimum absolute atomic E-state index is 0.105. The Labute approximate surface area is 101 Å². The van der Waals surface area contributed by atoms with Gasteiger partial charge in [-0.1, -0.05) is 48.5 Å². The molecular weight excluding hydrogens is 200 g/mol. The summed E-state index contributed by atoms with van der Waals surface area (Å²) in [4.78, 5) is 0. The Morgan fingerprint density at radius 3 is 1.69 bits per heavy atom.